The highest BCUT2D eigenvalue weighted by molar-refractivity contribution is 6.30. The van der Waals surface area contributed by atoms with Crippen LogP contribution in [-0.4, -0.2) is 31.5 Å². The van der Waals surface area contributed by atoms with Crippen LogP contribution < -0.4 is 5.32 Å². The van der Waals surface area contributed by atoms with Crippen LogP contribution in [0.25, 0.3) is 0 Å². The van der Waals surface area contributed by atoms with E-state index in [4.69, 9.17) is 16.3 Å². The standard InChI is InChI=1S/C16H22ClNO2/c17-14-5-3-4-13(8-14)16(6-1-2-7-16)18-9-15(10-19)11-20-12-15/h3-5,8,18-19H,1-2,6-7,9-12H2. The summed E-state index contributed by atoms with van der Waals surface area (Å²) in [6.07, 6.45) is 4.75. The molecule has 2 fully saturated rings. The minimum absolute atomic E-state index is 0.0165. The number of halogens is 1. The fraction of sp³-hybridized carbons (Fsp3) is 0.625. The Hall–Kier alpha value is -0.610. The quantitative estimate of drug-likeness (QED) is 0.877. The summed E-state index contributed by atoms with van der Waals surface area (Å²) in [5.74, 6) is 0. The lowest BCUT2D eigenvalue weighted by Crippen LogP contribution is -2.56. The van der Waals surface area contributed by atoms with Crippen molar-refractivity contribution >= 4 is 11.6 Å². The number of rotatable bonds is 5. The molecule has 1 aromatic rings. The van der Waals surface area contributed by atoms with E-state index >= 15 is 0 Å². The number of hydrogen-bond acceptors (Lipinski definition) is 3. The van der Waals surface area contributed by atoms with Crippen molar-refractivity contribution in [1.82, 2.24) is 5.32 Å². The van der Waals surface area contributed by atoms with E-state index in [1.165, 1.54) is 18.4 Å². The van der Waals surface area contributed by atoms with Gasteiger partial charge in [0.2, 0.25) is 0 Å². The molecule has 0 unspecified atom stereocenters. The van der Waals surface area contributed by atoms with Crippen molar-refractivity contribution in [2.75, 3.05) is 26.4 Å². The summed E-state index contributed by atoms with van der Waals surface area (Å²) >= 11 is 6.15. The minimum Gasteiger partial charge on any atom is -0.396 e. The summed E-state index contributed by atoms with van der Waals surface area (Å²) in [4.78, 5) is 0. The summed E-state index contributed by atoms with van der Waals surface area (Å²) < 4.78 is 5.28. The van der Waals surface area contributed by atoms with Crippen molar-refractivity contribution < 1.29 is 9.84 Å². The van der Waals surface area contributed by atoms with Gasteiger partial charge >= 0.3 is 0 Å². The van der Waals surface area contributed by atoms with Crippen LogP contribution >= 0.6 is 11.6 Å². The average Bonchev–Trinajstić information content (AvgIpc) is 2.88. The highest BCUT2D eigenvalue weighted by Crippen LogP contribution is 2.40. The number of hydrogen-bond donors (Lipinski definition) is 2. The van der Waals surface area contributed by atoms with Crippen molar-refractivity contribution in [1.29, 1.82) is 0 Å². The molecule has 1 aliphatic heterocycles. The summed E-state index contributed by atoms with van der Waals surface area (Å²) in [5.41, 5.74) is 1.20. The smallest absolute Gasteiger partial charge is 0.0579 e. The van der Waals surface area contributed by atoms with E-state index < -0.39 is 0 Å². The second-order valence-corrected chi connectivity index (χ2v) is 6.74. The van der Waals surface area contributed by atoms with Gasteiger partial charge in [-0.05, 0) is 30.5 Å². The Morgan fingerprint density at radius 2 is 2.00 bits per heavy atom. The highest BCUT2D eigenvalue weighted by Gasteiger charge is 2.42. The first kappa shape index (κ1) is 14.3. The predicted octanol–water partition coefficient (Wildman–Crippen LogP) is 2.71. The number of aliphatic hydroxyl groups is 1. The van der Waals surface area contributed by atoms with Gasteiger partial charge in [0.15, 0.2) is 0 Å². The Morgan fingerprint density at radius 3 is 2.55 bits per heavy atom. The molecule has 1 aliphatic carbocycles. The Balaban J connectivity index is 1.78. The molecule has 0 atom stereocenters. The fourth-order valence-electron chi connectivity index (χ4n) is 3.33. The van der Waals surface area contributed by atoms with Gasteiger partial charge in [0.25, 0.3) is 0 Å². The van der Waals surface area contributed by atoms with Crippen LogP contribution in [0.4, 0.5) is 0 Å². The number of aliphatic hydroxyl groups excluding tert-OH is 1. The molecule has 20 heavy (non-hydrogen) atoms. The molecule has 0 radical (unpaired) electrons. The highest BCUT2D eigenvalue weighted by atomic mass is 35.5. The molecule has 2 N–H and O–H groups in total. The maximum absolute atomic E-state index is 9.57. The topological polar surface area (TPSA) is 41.5 Å². The van der Waals surface area contributed by atoms with Gasteiger partial charge < -0.3 is 15.2 Å². The van der Waals surface area contributed by atoms with E-state index in [-0.39, 0.29) is 17.6 Å². The molecule has 2 aliphatic rings. The van der Waals surface area contributed by atoms with E-state index in [9.17, 15) is 5.11 Å². The average molecular weight is 296 g/mol. The van der Waals surface area contributed by atoms with E-state index in [0.29, 0.717) is 13.2 Å². The molecule has 1 saturated carbocycles. The molecule has 0 aromatic heterocycles. The molecule has 1 saturated heterocycles. The van der Waals surface area contributed by atoms with Crippen LogP contribution in [0.3, 0.4) is 0 Å². The second kappa shape index (κ2) is 5.64. The summed E-state index contributed by atoms with van der Waals surface area (Å²) in [6, 6.07) is 8.17. The van der Waals surface area contributed by atoms with Gasteiger partial charge in [-0.3, -0.25) is 0 Å². The summed E-state index contributed by atoms with van der Waals surface area (Å²) in [7, 11) is 0. The molecular formula is C16H22ClNO2. The van der Waals surface area contributed by atoms with E-state index in [1.807, 2.05) is 12.1 Å². The van der Waals surface area contributed by atoms with Crippen LogP contribution in [0.15, 0.2) is 24.3 Å². The van der Waals surface area contributed by atoms with Crippen molar-refractivity contribution in [2.45, 2.75) is 31.2 Å². The van der Waals surface area contributed by atoms with Crippen molar-refractivity contribution in [3.05, 3.63) is 34.9 Å². The molecule has 3 rings (SSSR count). The van der Waals surface area contributed by atoms with Gasteiger partial charge in [0.1, 0.15) is 0 Å². The first-order valence-electron chi connectivity index (χ1n) is 7.38. The third-order valence-electron chi connectivity index (χ3n) is 4.79. The predicted molar refractivity (Wildman–Crippen MR) is 79.9 cm³/mol. The lowest BCUT2D eigenvalue weighted by atomic mass is 9.83. The van der Waals surface area contributed by atoms with Crippen LogP contribution in [0.1, 0.15) is 31.2 Å². The second-order valence-electron chi connectivity index (χ2n) is 6.30. The Bertz CT molecular complexity index is 462. The molecule has 0 amide bonds. The maximum atomic E-state index is 9.57. The monoisotopic (exact) mass is 295 g/mol. The van der Waals surface area contributed by atoms with Crippen molar-refractivity contribution in [2.24, 2.45) is 5.41 Å². The maximum Gasteiger partial charge on any atom is 0.0579 e. The lowest BCUT2D eigenvalue weighted by Gasteiger charge is -2.43. The van der Waals surface area contributed by atoms with Gasteiger partial charge in [0, 0.05) is 17.1 Å². The van der Waals surface area contributed by atoms with Gasteiger partial charge in [-0.1, -0.05) is 36.6 Å². The first-order valence-corrected chi connectivity index (χ1v) is 7.76. The lowest BCUT2D eigenvalue weighted by molar-refractivity contribution is -0.136. The zero-order chi connectivity index (χ0) is 14.1. The van der Waals surface area contributed by atoms with Crippen molar-refractivity contribution in [3.8, 4) is 0 Å². The van der Waals surface area contributed by atoms with Crippen LogP contribution in [0.2, 0.25) is 5.02 Å². The molecule has 0 spiro atoms. The fourth-order valence-corrected chi connectivity index (χ4v) is 3.52. The molecular weight excluding hydrogens is 274 g/mol. The SMILES string of the molecule is OCC1(CNC2(c3cccc(Cl)c3)CCCC2)COC1. The normalized spacial score (nSPS) is 23.5. The van der Waals surface area contributed by atoms with Gasteiger partial charge in [-0.25, -0.2) is 0 Å². The third kappa shape index (κ3) is 2.60. The molecule has 110 valence electrons. The number of ether oxygens (including phenoxy) is 1. The van der Waals surface area contributed by atoms with Crippen LogP contribution in [-0.2, 0) is 10.3 Å². The zero-order valence-electron chi connectivity index (χ0n) is 11.7. The Kier molecular flexibility index (Phi) is 4.04. The minimum atomic E-state index is -0.0891. The molecule has 0 bridgehead atoms. The van der Waals surface area contributed by atoms with Gasteiger partial charge in [-0.15, -0.1) is 0 Å². The zero-order valence-corrected chi connectivity index (χ0v) is 12.5. The first-order chi connectivity index (χ1) is 9.68. The number of benzene rings is 1. The van der Waals surface area contributed by atoms with Crippen LogP contribution in [0, 0.1) is 5.41 Å². The molecule has 4 heteroatoms. The molecule has 1 aromatic carbocycles. The van der Waals surface area contributed by atoms with Gasteiger partial charge in [0.05, 0.1) is 25.2 Å². The summed E-state index contributed by atoms with van der Waals surface area (Å²) in [5, 5.41) is 14.1. The van der Waals surface area contributed by atoms with Gasteiger partial charge in [-0.2, -0.15) is 0 Å². The third-order valence-corrected chi connectivity index (χ3v) is 5.02. The van der Waals surface area contributed by atoms with E-state index in [0.717, 1.165) is 24.4 Å². The van der Waals surface area contributed by atoms with Crippen LogP contribution in [0.5, 0.6) is 0 Å². The Labute approximate surface area is 125 Å². The summed E-state index contributed by atoms with van der Waals surface area (Å²) in [6.45, 7) is 2.30. The van der Waals surface area contributed by atoms with E-state index in [2.05, 4.69) is 17.4 Å². The Morgan fingerprint density at radius 1 is 1.25 bits per heavy atom. The molecule has 3 nitrogen and oxygen atoms in total. The number of nitrogens with one attached hydrogen (secondary N) is 1. The largest absolute Gasteiger partial charge is 0.396 e. The van der Waals surface area contributed by atoms with Crippen molar-refractivity contribution in [3.63, 3.8) is 0 Å². The molecule has 1 heterocycles. The van der Waals surface area contributed by atoms with E-state index in [1.54, 1.807) is 0 Å².